The lowest BCUT2D eigenvalue weighted by Crippen LogP contribution is -2.67. The van der Waals surface area contributed by atoms with E-state index in [9.17, 15) is 18.0 Å². The van der Waals surface area contributed by atoms with E-state index in [0.717, 1.165) is 55.9 Å². The van der Waals surface area contributed by atoms with Crippen LogP contribution >= 0.6 is 11.6 Å². The minimum absolute atomic E-state index is 0.163. The number of nitrogens with one attached hydrogen (secondary N) is 1. The highest BCUT2D eigenvalue weighted by Gasteiger charge is 2.51. The van der Waals surface area contributed by atoms with Crippen LogP contribution in [0.4, 0.5) is 13.2 Å². The molecule has 0 aromatic heterocycles. The van der Waals surface area contributed by atoms with E-state index in [1.165, 1.54) is 12.1 Å². The molecule has 166 valence electrons. The molecule has 2 aliphatic carbocycles. The first-order valence-corrected chi connectivity index (χ1v) is 10.9. The molecule has 1 saturated carbocycles. The molecule has 2 saturated heterocycles. The van der Waals surface area contributed by atoms with Crippen molar-refractivity contribution in [2.24, 2.45) is 5.92 Å². The molecule has 7 heteroatoms. The Labute approximate surface area is 185 Å². The number of likely N-dealkylation sites (N-methyl/N-ethyl adjacent to an activating group) is 1. The lowest BCUT2D eigenvalue weighted by Gasteiger charge is -2.57. The van der Waals surface area contributed by atoms with Crippen LogP contribution in [0.3, 0.4) is 0 Å². The maximum Gasteiger partial charge on any atom is 0.417 e. The van der Waals surface area contributed by atoms with Crippen molar-refractivity contribution in [1.82, 2.24) is 10.2 Å². The third kappa shape index (κ3) is 4.08. The Hall–Kier alpha value is -2.05. The largest absolute Gasteiger partial charge is 0.417 e. The van der Waals surface area contributed by atoms with Crippen molar-refractivity contribution in [3.8, 4) is 0 Å². The maximum atomic E-state index is 13.3. The van der Waals surface area contributed by atoms with Gasteiger partial charge in [-0.15, -0.1) is 0 Å². The Morgan fingerprint density at radius 1 is 1.32 bits per heavy atom. The van der Waals surface area contributed by atoms with Crippen LogP contribution < -0.4 is 5.32 Å². The van der Waals surface area contributed by atoms with Crippen molar-refractivity contribution in [2.75, 3.05) is 13.6 Å². The molecule has 1 aromatic carbocycles. The van der Waals surface area contributed by atoms with Gasteiger partial charge in [-0.3, -0.25) is 9.69 Å². The van der Waals surface area contributed by atoms with Crippen LogP contribution in [-0.2, 0) is 6.18 Å². The molecule has 3 nitrogen and oxygen atoms in total. The van der Waals surface area contributed by atoms with Crippen LogP contribution in [0.25, 0.3) is 0 Å². The molecule has 1 N–H and O–H groups in total. The highest BCUT2D eigenvalue weighted by molar-refractivity contribution is 6.34. The maximum absolute atomic E-state index is 13.3. The smallest absolute Gasteiger partial charge is 0.343 e. The molecule has 1 amide bonds. The Balaban J connectivity index is 1.72. The van der Waals surface area contributed by atoms with Gasteiger partial charge < -0.3 is 5.32 Å². The van der Waals surface area contributed by atoms with Crippen molar-refractivity contribution >= 4 is 17.5 Å². The van der Waals surface area contributed by atoms with Crippen LogP contribution in [-0.4, -0.2) is 36.0 Å². The lowest BCUT2D eigenvalue weighted by molar-refractivity contribution is -0.137. The third-order valence-electron chi connectivity index (χ3n) is 7.02. The number of carbonyl (C=O) groups is 1. The minimum Gasteiger partial charge on any atom is -0.343 e. The van der Waals surface area contributed by atoms with Gasteiger partial charge in [0, 0.05) is 12.1 Å². The van der Waals surface area contributed by atoms with E-state index in [1.54, 1.807) is 0 Å². The first-order valence-electron chi connectivity index (χ1n) is 10.6. The summed E-state index contributed by atoms with van der Waals surface area (Å²) in [7, 11) is 2.07. The van der Waals surface area contributed by atoms with Gasteiger partial charge in [0.25, 0.3) is 5.91 Å². The number of halogens is 4. The number of alkyl halides is 3. The van der Waals surface area contributed by atoms with E-state index < -0.39 is 22.7 Å². The highest BCUT2D eigenvalue weighted by atomic mass is 35.5. The monoisotopic (exact) mass is 450 g/mol. The van der Waals surface area contributed by atoms with Crippen LogP contribution in [0.15, 0.2) is 54.2 Å². The van der Waals surface area contributed by atoms with Crippen molar-refractivity contribution in [3.63, 3.8) is 0 Å². The predicted molar refractivity (Wildman–Crippen MR) is 116 cm³/mol. The molecular weight excluding hydrogens is 425 g/mol. The number of fused-ring (bicyclic) bond motifs is 3. The second-order valence-electron chi connectivity index (χ2n) is 8.91. The van der Waals surface area contributed by atoms with Gasteiger partial charge in [-0.2, -0.15) is 13.2 Å². The summed E-state index contributed by atoms with van der Waals surface area (Å²) in [6, 6.07) is 3.08. The molecule has 2 heterocycles. The number of amides is 1. The standard InChI is InChI=1S/C24H26ClF3N2O/c1-15-5-3-6-17(13-15)21(23-11-9-16(10-12-23)14-30(23)2)29-22(31)18-7-4-8-19(20(18)25)24(26,27)28/h3-4,6-8,13,16,21H,1,5,9-12,14H2,2H3,(H,29,31). The van der Waals surface area contributed by atoms with Gasteiger partial charge in [0.1, 0.15) is 0 Å². The second-order valence-corrected chi connectivity index (χ2v) is 9.29. The number of hydrogen-bond acceptors (Lipinski definition) is 2. The van der Waals surface area contributed by atoms with E-state index >= 15 is 0 Å². The van der Waals surface area contributed by atoms with E-state index in [0.29, 0.717) is 5.92 Å². The average molecular weight is 451 g/mol. The van der Waals surface area contributed by atoms with E-state index in [2.05, 4.69) is 23.8 Å². The van der Waals surface area contributed by atoms with Crippen molar-refractivity contribution < 1.29 is 18.0 Å². The first kappa shape index (κ1) is 22.2. The average Bonchev–Trinajstić information content (AvgIpc) is 2.72. The topological polar surface area (TPSA) is 32.3 Å². The SMILES string of the molecule is C=C1C=C(C(NC(=O)c2cccc(C(F)(F)F)c2Cl)C23CCC(CC2)CN3C)C=CC1. The molecule has 3 fully saturated rings. The zero-order chi connectivity index (χ0) is 22.4. The Morgan fingerprint density at radius 2 is 2.03 bits per heavy atom. The van der Waals surface area contributed by atoms with Crippen molar-refractivity contribution in [1.29, 1.82) is 0 Å². The molecule has 0 spiro atoms. The number of nitrogens with zero attached hydrogens (tertiary/aromatic N) is 1. The molecule has 1 unspecified atom stereocenters. The van der Waals surface area contributed by atoms with E-state index in [-0.39, 0.29) is 17.1 Å². The molecular formula is C24H26ClF3N2O. The zero-order valence-corrected chi connectivity index (χ0v) is 18.2. The normalized spacial score (nSPS) is 27.2. The van der Waals surface area contributed by atoms with E-state index in [4.69, 9.17) is 11.6 Å². The van der Waals surface area contributed by atoms with Gasteiger partial charge in [0.05, 0.1) is 22.2 Å². The Kier molecular flexibility index (Phi) is 5.81. The quantitative estimate of drug-likeness (QED) is 0.631. The molecule has 1 atom stereocenters. The second kappa shape index (κ2) is 8.14. The number of benzene rings is 1. The van der Waals surface area contributed by atoms with Crippen LogP contribution in [0.2, 0.25) is 5.02 Å². The molecule has 5 rings (SSSR count). The molecule has 2 bridgehead atoms. The summed E-state index contributed by atoms with van der Waals surface area (Å²) in [5.74, 6) is 0.0639. The lowest BCUT2D eigenvalue weighted by atomic mass is 9.65. The van der Waals surface area contributed by atoms with Gasteiger partial charge in [0.2, 0.25) is 0 Å². The molecule has 4 aliphatic rings. The number of allylic oxidation sites excluding steroid dienone is 3. The molecule has 2 aliphatic heterocycles. The predicted octanol–water partition coefficient (Wildman–Crippen LogP) is 5.77. The fraction of sp³-hybridized carbons (Fsp3) is 0.458. The molecule has 31 heavy (non-hydrogen) atoms. The summed E-state index contributed by atoms with van der Waals surface area (Å²) >= 11 is 6.04. The minimum atomic E-state index is -4.63. The summed E-state index contributed by atoms with van der Waals surface area (Å²) < 4.78 is 39.9. The van der Waals surface area contributed by atoms with Gasteiger partial charge in [-0.25, -0.2) is 0 Å². The Bertz CT molecular complexity index is 958. The van der Waals surface area contributed by atoms with Gasteiger partial charge >= 0.3 is 6.18 Å². The van der Waals surface area contributed by atoms with Crippen molar-refractivity contribution in [2.45, 2.75) is 49.9 Å². The summed E-state index contributed by atoms with van der Waals surface area (Å²) in [5.41, 5.74) is 0.422. The molecule has 0 radical (unpaired) electrons. The summed E-state index contributed by atoms with van der Waals surface area (Å²) in [5, 5.41) is 2.50. The fourth-order valence-corrected chi connectivity index (χ4v) is 5.67. The number of carbonyl (C=O) groups excluding carboxylic acids is 1. The highest BCUT2D eigenvalue weighted by Crippen LogP contribution is 2.46. The zero-order valence-electron chi connectivity index (χ0n) is 17.4. The third-order valence-corrected chi connectivity index (χ3v) is 7.43. The summed E-state index contributed by atoms with van der Waals surface area (Å²) in [6.45, 7) is 5.01. The number of hydrogen-bond donors (Lipinski definition) is 1. The van der Waals surface area contributed by atoms with Crippen LogP contribution in [0.5, 0.6) is 0 Å². The molecule has 1 aromatic rings. The number of piperidine rings is 2. The van der Waals surface area contributed by atoms with Crippen LogP contribution in [0, 0.1) is 5.92 Å². The van der Waals surface area contributed by atoms with Gasteiger partial charge in [-0.1, -0.05) is 48.0 Å². The summed E-state index contributed by atoms with van der Waals surface area (Å²) in [4.78, 5) is 15.6. The van der Waals surface area contributed by atoms with E-state index in [1.807, 2.05) is 18.2 Å². The van der Waals surface area contributed by atoms with Gasteiger partial charge in [0.15, 0.2) is 0 Å². The van der Waals surface area contributed by atoms with Gasteiger partial charge in [-0.05, 0) is 62.8 Å². The number of rotatable bonds is 4. The first-order chi connectivity index (χ1) is 14.6. The van der Waals surface area contributed by atoms with Crippen LogP contribution in [0.1, 0.15) is 48.0 Å². The Morgan fingerprint density at radius 3 is 2.65 bits per heavy atom. The summed E-state index contributed by atoms with van der Waals surface area (Å²) in [6.07, 6.45) is 6.13. The van der Waals surface area contributed by atoms with Crippen molar-refractivity contribution in [3.05, 3.63) is 70.3 Å². The fourth-order valence-electron chi connectivity index (χ4n) is 5.35.